The summed E-state index contributed by atoms with van der Waals surface area (Å²) in [4.78, 5) is 0. The lowest BCUT2D eigenvalue weighted by atomic mass is 9.68. The molecule has 1 atom stereocenters. The van der Waals surface area contributed by atoms with E-state index in [1.807, 2.05) is 0 Å². The number of rotatable bonds is 5. The van der Waals surface area contributed by atoms with Gasteiger partial charge >= 0.3 is 6.18 Å². The first kappa shape index (κ1) is 20.9. The van der Waals surface area contributed by atoms with Gasteiger partial charge in [-0.2, -0.15) is 13.2 Å². The van der Waals surface area contributed by atoms with Gasteiger partial charge in [-0.1, -0.05) is 60.7 Å². The van der Waals surface area contributed by atoms with Gasteiger partial charge in [0.1, 0.15) is 11.2 Å². The van der Waals surface area contributed by atoms with Crippen molar-refractivity contribution in [2.45, 2.75) is 32.0 Å². The van der Waals surface area contributed by atoms with Gasteiger partial charge in [0.05, 0.1) is 13.7 Å². The molecule has 0 saturated carbocycles. The highest BCUT2D eigenvalue weighted by atomic mass is 19.4. The van der Waals surface area contributed by atoms with Gasteiger partial charge in [0.15, 0.2) is 0 Å². The first-order chi connectivity index (χ1) is 13.8. The van der Waals surface area contributed by atoms with E-state index >= 15 is 0 Å². The maximum atomic E-state index is 15.0. The third-order valence-corrected chi connectivity index (χ3v) is 5.41. The number of aliphatic hydroxyl groups excluding tert-OH is 1. The van der Waals surface area contributed by atoms with Crippen LogP contribution in [0.3, 0.4) is 0 Å². The SMILES string of the molecule is COc1ccc(C(c2ccccc2)(c2ccc(CO)c(C)c2)C(F)(F)F)cc1C. The molecule has 29 heavy (non-hydrogen) atoms. The van der Waals surface area contributed by atoms with Crippen molar-refractivity contribution < 1.29 is 23.0 Å². The Balaban J connectivity index is 2.42. The largest absolute Gasteiger partial charge is 0.496 e. The van der Waals surface area contributed by atoms with Crippen molar-refractivity contribution in [2.24, 2.45) is 0 Å². The third kappa shape index (κ3) is 3.51. The fourth-order valence-corrected chi connectivity index (χ4v) is 3.90. The van der Waals surface area contributed by atoms with E-state index in [1.54, 1.807) is 44.2 Å². The van der Waals surface area contributed by atoms with Gasteiger partial charge in [0, 0.05) is 0 Å². The van der Waals surface area contributed by atoms with Crippen LogP contribution in [0.4, 0.5) is 13.2 Å². The lowest BCUT2D eigenvalue weighted by molar-refractivity contribution is -0.166. The van der Waals surface area contributed by atoms with Crippen LogP contribution in [0.2, 0.25) is 0 Å². The van der Waals surface area contributed by atoms with Gasteiger partial charge in [-0.15, -0.1) is 0 Å². The number of ether oxygens (including phenoxy) is 1. The molecule has 5 heteroatoms. The van der Waals surface area contributed by atoms with Crippen LogP contribution in [-0.4, -0.2) is 18.4 Å². The summed E-state index contributed by atoms with van der Waals surface area (Å²) in [6.07, 6.45) is -4.61. The van der Waals surface area contributed by atoms with E-state index in [-0.39, 0.29) is 23.3 Å². The minimum absolute atomic E-state index is 0.107. The van der Waals surface area contributed by atoms with Crippen LogP contribution in [0.25, 0.3) is 0 Å². The van der Waals surface area contributed by atoms with E-state index < -0.39 is 11.6 Å². The van der Waals surface area contributed by atoms with Crippen molar-refractivity contribution >= 4 is 0 Å². The third-order valence-electron chi connectivity index (χ3n) is 5.41. The van der Waals surface area contributed by atoms with Crippen LogP contribution in [0.5, 0.6) is 5.75 Å². The van der Waals surface area contributed by atoms with Gasteiger partial charge < -0.3 is 9.84 Å². The summed E-state index contributed by atoms with van der Waals surface area (Å²) in [5.41, 5.74) is -0.166. The topological polar surface area (TPSA) is 29.5 Å². The summed E-state index contributed by atoms with van der Waals surface area (Å²) < 4.78 is 50.2. The predicted molar refractivity (Wildman–Crippen MR) is 107 cm³/mol. The number of hydrogen-bond donors (Lipinski definition) is 1. The zero-order chi connectivity index (χ0) is 21.2. The van der Waals surface area contributed by atoms with Crippen LogP contribution in [0, 0.1) is 13.8 Å². The van der Waals surface area contributed by atoms with Gasteiger partial charge in [-0.3, -0.25) is 0 Å². The van der Waals surface area contributed by atoms with Crippen LogP contribution in [-0.2, 0) is 12.0 Å². The Labute approximate surface area is 168 Å². The van der Waals surface area contributed by atoms with Gasteiger partial charge in [-0.05, 0) is 53.3 Å². The molecule has 3 aromatic rings. The average molecular weight is 400 g/mol. The summed E-state index contributed by atoms with van der Waals surface area (Å²) >= 11 is 0. The molecule has 0 saturated heterocycles. The zero-order valence-electron chi connectivity index (χ0n) is 16.5. The molecule has 3 rings (SSSR count). The van der Waals surface area contributed by atoms with Crippen LogP contribution in [0.1, 0.15) is 33.4 Å². The molecule has 0 amide bonds. The van der Waals surface area contributed by atoms with E-state index in [1.165, 1.54) is 43.5 Å². The molecule has 0 spiro atoms. The van der Waals surface area contributed by atoms with E-state index in [4.69, 9.17) is 4.74 Å². The second kappa shape index (κ2) is 7.91. The Bertz CT molecular complexity index is 941. The predicted octanol–water partition coefficient (Wildman–Crippen LogP) is 5.70. The van der Waals surface area contributed by atoms with E-state index in [0.29, 0.717) is 22.4 Å². The van der Waals surface area contributed by atoms with Gasteiger partial charge in [-0.25, -0.2) is 0 Å². The van der Waals surface area contributed by atoms with Gasteiger partial charge in [0.25, 0.3) is 0 Å². The van der Waals surface area contributed by atoms with Crippen molar-refractivity contribution in [1.82, 2.24) is 0 Å². The first-order valence-electron chi connectivity index (χ1n) is 9.24. The normalized spacial score (nSPS) is 13.8. The van der Waals surface area contributed by atoms with Crippen LogP contribution < -0.4 is 4.74 Å². The van der Waals surface area contributed by atoms with E-state index in [2.05, 4.69) is 0 Å². The first-order valence-corrected chi connectivity index (χ1v) is 9.24. The number of halogens is 3. The fraction of sp³-hybridized carbons (Fsp3) is 0.250. The second-order valence-corrected chi connectivity index (χ2v) is 7.10. The monoisotopic (exact) mass is 400 g/mol. The fourth-order valence-electron chi connectivity index (χ4n) is 3.90. The molecule has 0 bridgehead atoms. The maximum absolute atomic E-state index is 15.0. The standard InChI is InChI=1S/C24H23F3O2/c1-16-13-20(10-9-18(16)15-28)23(24(25,26)27,19-7-5-4-6-8-19)21-11-12-22(29-3)17(2)14-21/h4-14,28H,15H2,1-3H3. The number of hydrogen-bond acceptors (Lipinski definition) is 2. The Kier molecular flexibility index (Phi) is 5.71. The maximum Gasteiger partial charge on any atom is 0.406 e. The van der Waals surface area contributed by atoms with Crippen molar-refractivity contribution in [3.05, 3.63) is 100 Å². The molecule has 1 unspecified atom stereocenters. The lowest BCUT2D eigenvalue weighted by Crippen LogP contribution is -2.44. The Morgan fingerprint density at radius 3 is 1.86 bits per heavy atom. The van der Waals surface area contributed by atoms with Crippen LogP contribution >= 0.6 is 0 Å². The molecule has 0 heterocycles. The summed E-state index contributed by atoms with van der Waals surface area (Å²) in [5.74, 6) is 0.532. The van der Waals surface area contributed by atoms with Gasteiger partial charge in [0.2, 0.25) is 0 Å². The zero-order valence-corrected chi connectivity index (χ0v) is 16.5. The summed E-state index contributed by atoms with van der Waals surface area (Å²) in [6.45, 7) is 3.22. The molecule has 0 aliphatic rings. The van der Waals surface area contributed by atoms with Crippen LogP contribution in [0.15, 0.2) is 66.7 Å². The number of aliphatic hydroxyl groups is 1. The molecule has 1 N–H and O–H groups in total. The van der Waals surface area contributed by atoms with E-state index in [0.717, 1.165) is 0 Å². The molecular formula is C24H23F3O2. The second-order valence-electron chi connectivity index (χ2n) is 7.10. The number of benzene rings is 3. The summed E-state index contributed by atoms with van der Waals surface area (Å²) in [5, 5.41) is 9.46. The highest BCUT2D eigenvalue weighted by Gasteiger charge is 2.58. The minimum Gasteiger partial charge on any atom is -0.496 e. The van der Waals surface area contributed by atoms with E-state index in [9.17, 15) is 18.3 Å². The number of alkyl halides is 3. The highest BCUT2D eigenvalue weighted by Crippen LogP contribution is 2.52. The molecule has 0 fully saturated rings. The molecule has 0 radical (unpaired) electrons. The lowest BCUT2D eigenvalue weighted by Gasteiger charge is -2.38. The highest BCUT2D eigenvalue weighted by molar-refractivity contribution is 5.55. The molecule has 0 aliphatic heterocycles. The average Bonchev–Trinajstić information content (AvgIpc) is 2.68. The molecule has 0 aliphatic carbocycles. The van der Waals surface area contributed by atoms with Crippen molar-refractivity contribution in [3.8, 4) is 5.75 Å². The Morgan fingerprint density at radius 1 is 0.793 bits per heavy atom. The van der Waals surface area contributed by atoms with Crippen molar-refractivity contribution in [3.63, 3.8) is 0 Å². The molecule has 0 aromatic heterocycles. The number of methoxy groups -OCH3 is 1. The molecule has 3 aromatic carbocycles. The Morgan fingerprint density at radius 2 is 1.38 bits per heavy atom. The summed E-state index contributed by atoms with van der Waals surface area (Å²) in [6, 6.07) is 17.0. The molecule has 152 valence electrons. The number of aryl methyl sites for hydroxylation is 2. The molecular weight excluding hydrogens is 377 g/mol. The van der Waals surface area contributed by atoms with Crippen molar-refractivity contribution in [2.75, 3.05) is 7.11 Å². The van der Waals surface area contributed by atoms with Crippen molar-refractivity contribution in [1.29, 1.82) is 0 Å². The smallest absolute Gasteiger partial charge is 0.406 e. The minimum atomic E-state index is -4.61. The Hall–Kier alpha value is -2.79. The molecule has 2 nitrogen and oxygen atoms in total. The summed E-state index contributed by atoms with van der Waals surface area (Å²) in [7, 11) is 1.49. The quantitative estimate of drug-likeness (QED) is 0.557.